The largest absolute Gasteiger partial charge is 0.271 e. The van der Waals surface area contributed by atoms with E-state index in [1.807, 2.05) is 36.4 Å². The molecule has 1 heterocycles. The fourth-order valence-corrected chi connectivity index (χ4v) is 2.35. The van der Waals surface area contributed by atoms with Crippen molar-refractivity contribution in [1.29, 1.82) is 0 Å². The summed E-state index contributed by atoms with van der Waals surface area (Å²) in [5.74, 6) is 0. The number of nitrogens with zero attached hydrogens (tertiary/aromatic N) is 1. The van der Waals surface area contributed by atoms with Gasteiger partial charge in [-0.1, -0.05) is 24.3 Å². The van der Waals surface area contributed by atoms with Gasteiger partial charge in [-0.15, -0.1) is 0 Å². The average molecular weight is 210 g/mol. The molecule has 78 valence electrons. The van der Waals surface area contributed by atoms with Crippen LogP contribution < -0.4 is 0 Å². The Hall–Kier alpha value is -1.96. The maximum absolute atomic E-state index is 12.2. The molecule has 0 N–H and O–H groups in total. The van der Waals surface area contributed by atoms with E-state index in [2.05, 4.69) is 13.0 Å². The Balaban J connectivity index is 2.33. The van der Waals surface area contributed by atoms with Crippen LogP contribution in [-0.4, -0.2) is 4.76 Å². The minimum absolute atomic E-state index is 0.755. The van der Waals surface area contributed by atoms with Gasteiger partial charge in [0, 0.05) is 22.6 Å². The minimum atomic E-state index is 0.755. The smallest absolute Gasteiger partial charge is 0.0796 e. The zero-order valence-corrected chi connectivity index (χ0v) is 9.10. The Morgan fingerprint density at radius 2 is 2.06 bits per heavy atom. The number of benzene rings is 1. The maximum atomic E-state index is 12.2. The molecule has 0 spiro atoms. The SMILES string of the molecule is CC1=C2CC=CC=C2[N+](=O)c2ccccc21. The van der Waals surface area contributed by atoms with E-state index in [1.165, 1.54) is 5.57 Å². The second kappa shape index (κ2) is 3.27. The number of para-hydroxylation sites is 1. The minimum Gasteiger partial charge on any atom is -0.0796 e. The molecule has 0 saturated carbocycles. The van der Waals surface area contributed by atoms with Crippen molar-refractivity contribution in [2.45, 2.75) is 13.3 Å². The first-order valence-electron chi connectivity index (χ1n) is 5.42. The Bertz CT molecular complexity index is 576. The van der Waals surface area contributed by atoms with Crippen LogP contribution in [0.1, 0.15) is 18.9 Å². The van der Waals surface area contributed by atoms with Crippen molar-refractivity contribution in [2.75, 3.05) is 0 Å². The number of nitroso groups, excluding NO2 is 1. The summed E-state index contributed by atoms with van der Waals surface area (Å²) < 4.78 is 1.04. The Kier molecular flexibility index (Phi) is 1.90. The lowest BCUT2D eigenvalue weighted by Gasteiger charge is -2.16. The molecule has 1 aromatic carbocycles. The highest BCUT2D eigenvalue weighted by Crippen LogP contribution is 2.40. The van der Waals surface area contributed by atoms with Crippen LogP contribution in [0.3, 0.4) is 0 Å². The number of hydrogen-bond donors (Lipinski definition) is 0. The van der Waals surface area contributed by atoms with Crippen LogP contribution >= 0.6 is 0 Å². The van der Waals surface area contributed by atoms with Crippen molar-refractivity contribution >= 4 is 11.3 Å². The van der Waals surface area contributed by atoms with Gasteiger partial charge in [-0.05, 0) is 25.0 Å². The topological polar surface area (TPSA) is 20.1 Å². The fourth-order valence-electron chi connectivity index (χ4n) is 2.35. The molecule has 0 radical (unpaired) electrons. The van der Waals surface area contributed by atoms with Gasteiger partial charge in [0.2, 0.25) is 0 Å². The van der Waals surface area contributed by atoms with Crippen LogP contribution in [0, 0.1) is 4.91 Å². The lowest BCUT2D eigenvalue weighted by molar-refractivity contribution is -0.404. The third-order valence-corrected chi connectivity index (χ3v) is 3.22. The molecule has 16 heavy (non-hydrogen) atoms. The molecule has 2 aliphatic rings. The quantitative estimate of drug-likeness (QED) is 0.597. The number of allylic oxidation sites excluding steroid dienone is 5. The molecule has 2 nitrogen and oxygen atoms in total. The summed E-state index contributed by atoms with van der Waals surface area (Å²) in [4.78, 5) is 12.2. The zero-order valence-electron chi connectivity index (χ0n) is 9.10. The summed E-state index contributed by atoms with van der Waals surface area (Å²) in [6, 6.07) is 7.77. The molecule has 0 fully saturated rings. The summed E-state index contributed by atoms with van der Waals surface area (Å²) in [6.45, 7) is 2.09. The van der Waals surface area contributed by atoms with E-state index in [0.717, 1.165) is 33.7 Å². The molecule has 1 aromatic rings. The molecule has 2 heteroatoms. The van der Waals surface area contributed by atoms with Crippen molar-refractivity contribution < 1.29 is 4.76 Å². The van der Waals surface area contributed by atoms with E-state index in [4.69, 9.17) is 0 Å². The fraction of sp³-hybridized carbons (Fsp3) is 0.143. The third-order valence-electron chi connectivity index (χ3n) is 3.22. The lowest BCUT2D eigenvalue weighted by Crippen LogP contribution is -2.13. The van der Waals surface area contributed by atoms with E-state index in [0.29, 0.717) is 0 Å². The summed E-state index contributed by atoms with van der Waals surface area (Å²) in [6.07, 6.45) is 6.78. The van der Waals surface area contributed by atoms with Crippen molar-refractivity contribution in [1.82, 2.24) is 0 Å². The first-order chi connectivity index (χ1) is 7.79. The third kappa shape index (κ3) is 1.13. The summed E-state index contributed by atoms with van der Waals surface area (Å²) in [5.41, 5.74) is 4.97. The molecule has 3 rings (SSSR count). The standard InChI is InChI=1S/C14H12NO/c1-10-11-6-2-4-8-13(11)15(16)14-9-5-3-7-12(10)14/h2-6,8-9H,7H2,1H3/q+1. The molecule has 0 aromatic heterocycles. The maximum Gasteiger partial charge on any atom is 0.271 e. The molecule has 0 atom stereocenters. The first kappa shape index (κ1) is 9.28. The van der Waals surface area contributed by atoms with Crippen LogP contribution in [0.25, 0.3) is 5.57 Å². The van der Waals surface area contributed by atoms with Gasteiger partial charge in [0.25, 0.3) is 11.4 Å². The van der Waals surface area contributed by atoms with Gasteiger partial charge in [-0.25, -0.2) is 0 Å². The Morgan fingerprint density at radius 3 is 2.94 bits per heavy atom. The monoisotopic (exact) mass is 210 g/mol. The normalized spacial score (nSPS) is 18.1. The van der Waals surface area contributed by atoms with Crippen LogP contribution in [0.4, 0.5) is 5.69 Å². The molecule has 1 aliphatic carbocycles. The van der Waals surface area contributed by atoms with Crippen LogP contribution in [0.2, 0.25) is 0 Å². The van der Waals surface area contributed by atoms with E-state index >= 15 is 0 Å². The van der Waals surface area contributed by atoms with Crippen molar-refractivity contribution in [3.8, 4) is 0 Å². The lowest BCUT2D eigenvalue weighted by atomic mass is 9.89. The molecule has 0 saturated heterocycles. The van der Waals surface area contributed by atoms with Crippen LogP contribution in [0.15, 0.2) is 53.8 Å². The van der Waals surface area contributed by atoms with Gasteiger partial charge in [-0.3, -0.25) is 0 Å². The van der Waals surface area contributed by atoms with Gasteiger partial charge >= 0.3 is 0 Å². The average Bonchev–Trinajstić information content (AvgIpc) is 2.36. The molecular formula is C14H12NO+. The van der Waals surface area contributed by atoms with Gasteiger partial charge in [0.1, 0.15) is 0 Å². The molecular weight excluding hydrogens is 198 g/mol. The number of fused-ring (bicyclic) bond motifs is 2. The summed E-state index contributed by atoms with van der Waals surface area (Å²) in [5, 5.41) is 0. The van der Waals surface area contributed by atoms with Gasteiger partial charge in [-0.2, -0.15) is 0 Å². The van der Waals surface area contributed by atoms with Crippen molar-refractivity contribution in [3.63, 3.8) is 0 Å². The predicted octanol–water partition coefficient (Wildman–Crippen LogP) is 3.73. The highest BCUT2D eigenvalue weighted by Gasteiger charge is 2.34. The summed E-state index contributed by atoms with van der Waals surface area (Å²) >= 11 is 0. The second-order valence-electron chi connectivity index (χ2n) is 4.10. The Morgan fingerprint density at radius 1 is 1.25 bits per heavy atom. The highest BCUT2D eigenvalue weighted by atomic mass is 16.3. The Labute approximate surface area is 94.2 Å². The molecule has 1 aliphatic heterocycles. The highest BCUT2D eigenvalue weighted by molar-refractivity contribution is 5.79. The van der Waals surface area contributed by atoms with Crippen molar-refractivity contribution in [2.24, 2.45) is 0 Å². The number of rotatable bonds is 0. The zero-order chi connectivity index (χ0) is 11.1. The van der Waals surface area contributed by atoms with Gasteiger partial charge in [0.05, 0.1) is 10.3 Å². The molecule has 0 bridgehead atoms. The molecule has 0 unspecified atom stereocenters. The van der Waals surface area contributed by atoms with E-state index in [9.17, 15) is 4.91 Å². The van der Waals surface area contributed by atoms with Gasteiger partial charge in [0.15, 0.2) is 0 Å². The summed E-state index contributed by atoms with van der Waals surface area (Å²) in [7, 11) is 0. The van der Waals surface area contributed by atoms with E-state index in [-0.39, 0.29) is 0 Å². The van der Waals surface area contributed by atoms with Crippen molar-refractivity contribution in [3.05, 3.63) is 64.2 Å². The van der Waals surface area contributed by atoms with E-state index < -0.39 is 0 Å². The number of hydrogen-bond acceptors (Lipinski definition) is 1. The van der Waals surface area contributed by atoms with Crippen LogP contribution in [-0.2, 0) is 0 Å². The first-order valence-corrected chi connectivity index (χ1v) is 5.42. The van der Waals surface area contributed by atoms with Crippen LogP contribution in [0.5, 0.6) is 0 Å². The predicted molar refractivity (Wildman–Crippen MR) is 64.2 cm³/mol. The molecule has 0 amide bonds. The van der Waals surface area contributed by atoms with Gasteiger partial charge < -0.3 is 0 Å². The second-order valence-corrected chi connectivity index (χ2v) is 4.10. The van der Waals surface area contributed by atoms with E-state index in [1.54, 1.807) is 0 Å².